The Hall–Kier alpha value is 0.0469. The molecule has 0 bridgehead atoms. The van der Waals surface area contributed by atoms with Gasteiger partial charge in [-0.25, -0.2) is 0 Å². The molecule has 0 N–H and O–H groups in total. The minimum Gasteiger partial charge on any atom is -0.161 e. The highest BCUT2D eigenvalue weighted by molar-refractivity contribution is 8.01. The molecule has 0 aliphatic rings. The summed E-state index contributed by atoms with van der Waals surface area (Å²) in [4.78, 5) is 0.762. The zero-order valence-corrected chi connectivity index (χ0v) is 15.3. The molecule has 0 aromatic heterocycles. The highest BCUT2D eigenvalue weighted by Gasteiger charge is 2.39. The molecule has 0 aliphatic heterocycles. The van der Waals surface area contributed by atoms with Crippen molar-refractivity contribution in [2.24, 2.45) is 5.41 Å². The van der Waals surface area contributed by atoms with Crippen LogP contribution >= 0.6 is 11.8 Å². The molecule has 0 saturated carbocycles. The smallest absolute Gasteiger partial charge is 0.0598 e. The molecule has 106 valence electrons. The zero-order valence-electron chi connectivity index (χ0n) is 13.5. The van der Waals surface area contributed by atoms with Gasteiger partial charge in [0, 0.05) is 4.87 Å². The van der Waals surface area contributed by atoms with Gasteiger partial charge < -0.3 is 0 Å². The summed E-state index contributed by atoms with van der Waals surface area (Å²) in [6, 6.07) is 0. The first kappa shape index (κ1) is 18.0. The van der Waals surface area contributed by atoms with Crippen molar-refractivity contribution in [3.8, 4) is 0 Å². The van der Waals surface area contributed by atoms with Crippen LogP contribution in [-0.2, 0) is 0 Å². The van der Waals surface area contributed by atoms with Crippen molar-refractivity contribution >= 4 is 19.8 Å². The van der Waals surface area contributed by atoms with Crippen LogP contribution in [0.1, 0.15) is 40.5 Å². The Kier molecular flexibility index (Phi) is 7.61. The number of allylic oxidation sites excluding steroid dienone is 3. The van der Waals surface area contributed by atoms with Crippen LogP contribution in [0.25, 0.3) is 0 Å². The molecule has 0 aromatic carbocycles. The normalized spacial score (nSPS) is 16.8. The molecule has 0 rings (SSSR count). The first-order valence-corrected chi connectivity index (χ1v) is 11.7. The lowest BCUT2D eigenvalue weighted by Crippen LogP contribution is -2.46. The number of hydrogen-bond donors (Lipinski definition) is 0. The van der Waals surface area contributed by atoms with Crippen molar-refractivity contribution in [2.45, 2.75) is 65.1 Å². The van der Waals surface area contributed by atoms with Crippen molar-refractivity contribution in [1.82, 2.24) is 0 Å². The van der Waals surface area contributed by atoms with Gasteiger partial charge in [0.05, 0.1) is 8.07 Å². The van der Waals surface area contributed by atoms with E-state index in [4.69, 9.17) is 0 Å². The molecule has 0 aliphatic carbocycles. The fourth-order valence-corrected chi connectivity index (χ4v) is 8.28. The van der Waals surface area contributed by atoms with Crippen LogP contribution in [0.5, 0.6) is 0 Å². The number of rotatable bonds is 8. The zero-order chi connectivity index (χ0) is 14.4. The maximum Gasteiger partial charge on any atom is 0.0598 e. The van der Waals surface area contributed by atoms with E-state index in [1.807, 2.05) is 0 Å². The monoisotopic (exact) mass is 284 g/mol. The van der Waals surface area contributed by atoms with E-state index in [-0.39, 0.29) is 5.41 Å². The van der Waals surface area contributed by atoms with E-state index in [1.165, 1.54) is 24.2 Å². The Morgan fingerprint density at radius 1 is 1.33 bits per heavy atom. The quantitative estimate of drug-likeness (QED) is 0.393. The third kappa shape index (κ3) is 5.79. The Morgan fingerprint density at radius 3 is 2.22 bits per heavy atom. The van der Waals surface area contributed by atoms with E-state index in [9.17, 15) is 0 Å². The standard InChI is InChI=1S/C16H32SSi/c1-9-16(5,13-11-12-14(3)4)15(17-10-2)18(6,7)8/h9,12,15H,1,10-11,13H2,2-8H3. The number of hydrogen-bond acceptors (Lipinski definition) is 1. The van der Waals surface area contributed by atoms with E-state index in [0.29, 0.717) is 0 Å². The highest BCUT2D eigenvalue weighted by Crippen LogP contribution is 2.42. The largest absolute Gasteiger partial charge is 0.161 e. The van der Waals surface area contributed by atoms with Crippen LogP contribution in [0.3, 0.4) is 0 Å². The molecular weight excluding hydrogens is 252 g/mol. The molecule has 2 unspecified atom stereocenters. The molecule has 0 amide bonds. The summed E-state index contributed by atoms with van der Waals surface area (Å²) in [6.45, 7) is 20.7. The van der Waals surface area contributed by atoms with Crippen LogP contribution in [0.2, 0.25) is 19.6 Å². The summed E-state index contributed by atoms with van der Waals surface area (Å²) in [6.07, 6.45) is 6.98. The van der Waals surface area contributed by atoms with Gasteiger partial charge in [0.15, 0.2) is 0 Å². The summed E-state index contributed by atoms with van der Waals surface area (Å²) in [5.41, 5.74) is 1.70. The van der Waals surface area contributed by atoms with Gasteiger partial charge in [-0.3, -0.25) is 0 Å². The first-order valence-electron chi connectivity index (χ1n) is 7.06. The average molecular weight is 285 g/mol. The van der Waals surface area contributed by atoms with Gasteiger partial charge >= 0.3 is 0 Å². The molecular formula is C16H32SSi. The summed E-state index contributed by atoms with van der Waals surface area (Å²) in [7, 11) is -1.17. The first-order chi connectivity index (χ1) is 8.17. The number of thioether (sulfide) groups is 1. The Balaban J connectivity index is 4.96. The lowest BCUT2D eigenvalue weighted by Gasteiger charge is -2.42. The van der Waals surface area contributed by atoms with Crippen molar-refractivity contribution in [2.75, 3.05) is 5.75 Å². The lowest BCUT2D eigenvalue weighted by atomic mass is 9.87. The van der Waals surface area contributed by atoms with Gasteiger partial charge in [0.1, 0.15) is 0 Å². The fourth-order valence-electron chi connectivity index (χ4n) is 2.61. The van der Waals surface area contributed by atoms with Crippen molar-refractivity contribution in [3.05, 3.63) is 24.3 Å². The van der Waals surface area contributed by atoms with Gasteiger partial charge in [0.25, 0.3) is 0 Å². The second kappa shape index (κ2) is 7.59. The maximum atomic E-state index is 4.14. The van der Waals surface area contributed by atoms with Gasteiger partial charge in [0.2, 0.25) is 0 Å². The lowest BCUT2D eigenvalue weighted by molar-refractivity contribution is 0.423. The van der Waals surface area contributed by atoms with Crippen molar-refractivity contribution < 1.29 is 0 Å². The van der Waals surface area contributed by atoms with Crippen LogP contribution in [0, 0.1) is 5.41 Å². The molecule has 0 saturated heterocycles. The molecule has 0 radical (unpaired) electrons. The van der Waals surface area contributed by atoms with Gasteiger partial charge in [-0.1, -0.05) is 51.2 Å². The molecule has 18 heavy (non-hydrogen) atoms. The highest BCUT2D eigenvalue weighted by atomic mass is 32.2. The predicted octanol–water partition coefficient (Wildman–Crippen LogP) is 5.92. The topological polar surface area (TPSA) is 0 Å². The van der Waals surface area contributed by atoms with Crippen molar-refractivity contribution in [1.29, 1.82) is 0 Å². The second-order valence-electron chi connectivity index (χ2n) is 6.73. The van der Waals surface area contributed by atoms with E-state index >= 15 is 0 Å². The molecule has 0 nitrogen and oxygen atoms in total. The van der Waals surface area contributed by atoms with Crippen LogP contribution < -0.4 is 0 Å². The maximum absolute atomic E-state index is 4.14. The summed E-state index contributed by atoms with van der Waals surface area (Å²) < 4.78 is 0. The van der Waals surface area contributed by atoms with E-state index < -0.39 is 8.07 Å². The summed E-state index contributed by atoms with van der Waals surface area (Å²) in [5.74, 6) is 1.21. The van der Waals surface area contributed by atoms with Crippen LogP contribution in [0.15, 0.2) is 24.3 Å². The second-order valence-corrected chi connectivity index (χ2v) is 13.8. The van der Waals surface area contributed by atoms with E-state index in [1.54, 1.807) is 0 Å². The van der Waals surface area contributed by atoms with Gasteiger partial charge in [-0.2, -0.15) is 11.8 Å². The fraction of sp³-hybridized carbons (Fsp3) is 0.750. The molecule has 0 heterocycles. The predicted molar refractivity (Wildman–Crippen MR) is 92.2 cm³/mol. The van der Waals surface area contributed by atoms with Crippen LogP contribution in [-0.4, -0.2) is 18.7 Å². The Labute approximate surface area is 120 Å². The molecule has 0 fully saturated rings. The minimum absolute atomic E-state index is 0.275. The van der Waals surface area contributed by atoms with E-state index in [0.717, 1.165) is 4.87 Å². The third-order valence-electron chi connectivity index (χ3n) is 3.42. The summed E-state index contributed by atoms with van der Waals surface area (Å²) >= 11 is 2.14. The van der Waals surface area contributed by atoms with Crippen molar-refractivity contribution in [3.63, 3.8) is 0 Å². The SMILES string of the molecule is C=CC(C)(CCC=C(C)C)C(SCC)[Si](C)(C)C. The van der Waals surface area contributed by atoms with Gasteiger partial charge in [-0.15, -0.1) is 6.58 Å². The molecule has 2 heteroatoms. The van der Waals surface area contributed by atoms with Gasteiger partial charge in [-0.05, 0) is 37.9 Å². The Bertz CT molecular complexity index is 284. The molecule has 2 atom stereocenters. The van der Waals surface area contributed by atoms with E-state index in [2.05, 4.69) is 77.8 Å². The third-order valence-corrected chi connectivity index (χ3v) is 9.48. The summed E-state index contributed by atoms with van der Waals surface area (Å²) in [5, 5.41) is 0. The minimum atomic E-state index is -1.17. The molecule has 0 spiro atoms. The average Bonchev–Trinajstić information content (AvgIpc) is 2.23. The molecule has 0 aromatic rings. The van der Waals surface area contributed by atoms with Crippen LogP contribution in [0.4, 0.5) is 0 Å². The Morgan fingerprint density at radius 2 is 1.89 bits per heavy atom.